The minimum absolute atomic E-state index is 0.338. The average molecular weight is 236 g/mol. The highest BCUT2D eigenvalue weighted by atomic mass is 33.1. The highest BCUT2D eigenvalue weighted by molar-refractivity contribution is 8.77. The van der Waals surface area contributed by atoms with Crippen LogP contribution in [0.1, 0.15) is 46.0 Å². The van der Waals surface area contributed by atoms with Crippen LogP contribution in [0.25, 0.3) is 0 Å². The zero-order valence-electron chi connectivity index (χ0n) is 8.99. The molecule has 1 aliphatic heterocycles. The highest BCUT2D eigenvalue weighted by Crippen LogP contribution is 2.39. The van der Waals surface area contributed by atoms with Gasteiger partial charge in [0.1, 0.15) is 0 Å². The molecule has 1 unspecified atom stereocenters. The van der Waals surface area contributed by atoms with Crippen molar-refractivity contribution in [3.63, 3.8) is 0 Å². The van der Waals surface area contributed by atoms with E-state index in [0.717, 1.165) is 18.1 Å². The Morgan fingerprint density at radius 2 is 2.14 bits per heavy atom. The van der Waals surface area contributed by atoms with E-state index in [0.29, 0.717) is 6.42 Å². The van der Waals surface area contributed by atoms with E-state index in [1.54, 1.807) is 0 Å². The molecule has 14 heavy (non-hydrogen) atoms. The molecule has 1 rings (SSSR count). The Hall–Kier alpha value is 0.170. The van der Waals surface area contributed by atoms with Crippen molar-refractivity contribution in [3.05, 3.63) is 0 Å². The molecule has 0 aromatic heterocycles. The van der Waals surface area contributed by atoms with E-state index in [-0.39, 0.29) is 0 Å². The number of unbranched alkanes of at least 4 members (excludes halogenated alkanes) is 1. The van der Waals surface area contributed by atoms with Crippen molar-refractivity contribution < 1.29 is 9.90 Å². The lowest BCUT2D eigenvalue weighted by atomic mass is 10.1. The minimum Gasteiger partial charge on any atom is -0.481 e. The summed E-state index contributed by atoms with van der Waals surface area (Å²) < 4.78 is 0. The molecular weight excluding hydrogens is 216 g/mol. The molecule has 2 nitrogen and oxygen atoms in total. The summed E-state index contributed by atoms with van der Waals surface area (Å²) in [6.45, 7) is 4.00. The fraction of sp³-hybridized carbons (Fsp3) is 0.900. The molecule has 1 N–H and O–H groups in total. The van der Waals surface area contributed by atoms with E-state index in [4.69, 9.17) is 5.11 Å². The molecular formula is C10H20O2S2. The van der Waals surface area contributed by atoms with Crippen LogP contribution >= 0.6 is 21.6 Å². The summed E-state index contributed by atoms with van der Waals surface area (Å²) in [5, 5.41) is 9.19. The largest absolute Gasteiger partial charge is 0.481 e. The van der Waals surface area contributed by atoms with Gasteiger partial charge in [-0.05, 0) is 19.3 Å². The maximum atomic E-state index is 10.2. The number of aliphatic carboxylic acids is 1. The van der Waals surface area contributed by atoms with Crippen LogP contribution in [0.3, 0.4) is 0 Å². The fourth-order valence-corrected chi connectivity index (χ4v) is 4.24. The first-order valence-corrected chi connectivity index (χ1v) is 7.67. The Morgan fingerprint density at radius 1 is 1.43 bits per heavy atom. The molecule has 0 amide bonds. The second-order valence-electron chi connectivity index (χ2n) is 2.97. The first-order valence-electron chi connectivity index (χ1n) is 5.29. The van der Waals surface area contributed by atoms with Gasteiger partial charge >= 0.3 is 5.97 Å². The van der Waals surface area contributed by atoms with Crippen LogP contribution in [0, 0.1) is 0 Å². The molecule has 1 atom stereocenters. The van der Waals surface area contributed by atoms with Gasteiger partial charge in [-0.3, -0.25) is 4.79 Å². The van der Waals surface area contributed by atoms with Crippen LogP contribution in [0.2, 0.25) is 0 Å². The Morgan fingerprint density at radius 3 is 2.64 bits per heavy atom. The molecule has 84 valence electrons. The Balaban J connectivity index is 0.000000791. The lowest BCUT2D eigenvalue weighted by molar-refractivity contribution is -0.137. The maximum Gasteiger partial charge on any atom is 0.303 e. The number of carbonyl (C=O) groups is 1. The zero-order valence-corrected chi connectivity index (χ0v) is 10.6. The van der Waals surface area contributed by atoms with Crippen LogP contribution in [0.15, 0.2) is 0 Å². The number of hydrogen-bond donors (Lipinski definition) is 1. The molecule has 0 spiro atoms. The van der Waals surface area contributed by atoms with Gasteiger partial charge in [0.25, 0.3) is 0 Å². The third-order valence-corrected chi connectivity index (χ3v) is 4.90. The van der Waals surface area contributed by atoms with Gasteiger partial charge in [0.2, 0.25) is 0 Å². The molecule has 0 aliphatic carbocycles. The molecule has 0 radical (unpaired) electrons. The molecule has 1 aliphatic rings. The summed E-state index contributed by atoms with van der Waals surface area (Å²) in [7, 11) is 3.92. The summed E-state index contributed by atoms with van der Waals surface area (Å²) in [5.41, 5.74) is 0. The van der Waals surface area contributed by atoms with Gasteiger partial charge in [0.05, 0.1) is 0 Å². The van der Waals surface area contributed by atoms with E-state index < -0.39 is 5.97 Å². The van der Waals surface area contributed by atoms with Crippen molar-refractivity contribution in [2.24, 2.45) is 0 Å². The van der Waals surface area contributed by atoms with E-state index >= 15 is 0 Å². The molecule has 1 fully saturated rings. The van der Waals surface area contributed by atoms with Gasteiger partial charge in [-0.2, -0.15) is 0 Å². The molecule has 0 aromatic carbocycles. The molecule has 1 heterocycles. The van der Waals surface area contributed by atoms with Crippen molar-refractivity contribution in [2.45, 2.75) is 51.2 Å². The first-order chi connectivity index (χ1) is 6.79. The third kappa shape index (κ3) is 7.56. The topological polar surface area (TPSA) is 37.3 Å². The maximum absolute atomic E-state index is 10.2. The standard InChI is InChI=1S/C8H14O2S2.C2H6/c9-8(10)4-2-1-3-7-5-6-11-12-7;1-2/h7H,1-6H2,(H,9,10);1-2H3. The quantitative estimate of drug-likeness (QED) is 0.582. The number of rotatable bonds is 5. The predicted octanol–water partition coefficient (Wildman–Crippen LogP) is 3.81. The van der Waals surface area contributed by atoms with Gasteiger partial charge in [-0.1, -0.05) is 41.9 Å². The molecule has 0 bridgehead atoms. The summed E-state index contributed by atoms with van der Waals surface area (Å²) in [6.07, 6.45) is 4.76. The predicted molar refractivity (Wildman–Crippen MR) is 65.9 cm³/mol. The van der Waals surface area contributed by atoms with Crippen LogP contribution in [-0.4, -0.2) is 22.1 Å². The van der Waals surface area contributed by atoms with Gasteiger partial charge in [-0.25, -0.2) is 0 Å². The number of carboxylic acids is 1. The lowest BCUT2D eigenvalue weighted by Crippen LogP contribution is -1.99. The summed E-state index contributed by atoms with van der Waals surface area (Å²) >= 11 is 0. The van der Waals surface area contributed by atoms with Gasteiger partial charge in [0, 0.05) is 17.4 Å². The monoisotopic (exact) mass is 236 g/mol. The van der Waals surface area contributed by atoms with Crippen LogP contribution in [0.4, 0.5) is 0 Å². The molecule has 0 saturated carbocycles. The molecule has 1 saturated heterocycles. The Labute approximate surface area is 94.6 Å². The van der Waals surface area contributed by atoms with Crippen molar-refractivity contribution in [1.82, 2.24) is 0 Å². The number of carboxylic acid groups (broad SMARTS) is 1. The second kappa shape index (κ2) is 9.71. The van der Waals surface area contributed by atoms with E-state index in [1.807, 2.05) is 35.4 Å². The lowest BCUT2D eigenvalue weighted by Gasteiger charge is -2.04. The van der Waals surface area contributed by atoms with Crippen molar-refractivity contribution in [3.8, 4) is 0 Å². The number of hydrogen-bond acceptors (Lipinski definition) is 3. The van der Waals surface area contributed by atoms with Crippen molar-refractivity contribution >= 4 is 27.6 Å². The first kappa shape index (κ1) is 14.2. The second-order valence-corrected chi connectivity index (χ2v) is 5.76. The van der Waals surface area contributed by atoms with Crippen molar-refractivity contribution in [1.29, 1.82) is 0 Å². The zero-order chi connectivity index (χ0) is 10.8. The Bertz CT molecular complexity index is 145. The molecule has 4 heteroatoms. The Kier molecular flexibility index (Phi) is 9.83. The van der Waals surface area contributed by atoms with E-state index in [1.165, 1.54) is 18.6 Å². The average Bonchev–Trinajstić information content (AvgIpc) is 2.68. The van der Waals surface area contributed by atoms with Gasteiger partial charge < -0.3 is 5.11 Å². The normalized spacial score (nSPS) is 20.0. The minimum atomic E-state index is -0.663. The van der Waals surface area contributed by atoms with Crippen LogP contribution in [0.5, 0.6) is 0 Å². The van der Waals surface area contributed by atoms with E-state index in [2.05, 4.69) is 0 Å². The van der Waals surface area contributed by atoms with Gasteiger partial charge in [0.15, 0.2) is 0 Å². The SMILES string of the molecule is CC.O=C(O)CCCCC1CCSS1. The smallest absolute Gasteiger partial charge is 0.303 e. The summed E-state index contributed by atoms with van der Waals surface area (Å²) in [6, 6.07) is 0. The summed E-state index contributed by atoms with van der Waals surface area (Å²) in [5.74, 6) is 0.609. The van der Waals surface area contributed by atoms with Crippen LogP contribution in [-0.2, 0) is 4.79 Å². The summed E-state index contributed by atoms with van der Waals surface area (Å²) in [4.78, 5) is 10.2. The van der Waals surface area contributed by atoms with Crippen LogP contribution < -0.4 is 0 Å². The molecule has 0 aromatic rings. The van der Waals surface area contributed by atoms with Gasteiger partial charge in [-0.15, -0.1) is 0 Å². The third-order valence-electron chi connectivity index (χ3n) is 1.89. The van der Waals surface area contributed by atoms with E-state index in [9.17, 15) is 4.79 Å². The van der Waals surface area contributed by atoms with Crippen molar-refractivity contribution in [2.75, 3.05) is 5.75 Å². The highest BCUT2D eigenvalue weighted by Gasteiger charge is 2.15. The fourth-order valence-electron chi connectivity index (χ4n) is 1.21.